The Morgan fingerprint density at radius 3 is 2.88 bits per heavy atom. The zero-order valence-corrected chi connectivity index (χ0v) is 10.2. The number of esters is 1. The van der Waals surface area contributed by atoms with Crippen molar-refractivity contribution < 1.29 is 14.3 Å². The van der Waals surface area contributed by atoms with E-state index >= 15 is 0 Å². The molecule has 0 aromatic carbocycles. The summed E-state index contributed by atoms with van der Waals surface area (Å²) in [5, 5.41) is 0. The maximum Gasteiger partial charge on any atom is 0.307 e. The average Bonchev–Trinajstić information content (AvgIpc) is 2.58. The van der Waals surface area contributed by atoms with Crippen LogP contribution in [0, 0.1) is 5.41 Å². The SMILES string of the molecule is CC(=O)OC=C1C(=O)C=CC12CC=C(C)CC2. The monoisotopic (exact) mass is 232 g/mol. The number of carbonyl (C=O) groups excluding carboxylic acids is 2. The summed E-state index contributed by atoms with van der Waals surface area (Å²) >= 11 is 0. The highest BCUT2D eigenvalue weighted by Gasteiger charge is 2.40. The van der Waals surface area contributed by atoms with Crippen molar-refractivity contribution in [1.82, 2.24) is 0 Å². The molecule has 0 saturated carbocycles. The Morgan fingerprint density at radius 2 is 2.29 bits per heavy atom. The molecule has 17 heavy (non-hydrogen) atoms. The van der Waals surface area contributed by atoms with Crippen LogP contribution in [0.3, 0.4) is 0 Å². The van der Waals surface area contributed by atoms with E-state index in [4.69, 9.17) is 4.74 Å². The maximum absolute atomic E-state index is 11.8. The predicted molar refractivity (Wildman–Crippen MR) is 64.0 cm³/mol. The van der Waals surface area contributed by atoms with Crippen molar-refractivity contribution in [1.29, 1.82) is 0 Å². The van der Waals surface area contributed by atoms with Crippen LogP contribution >= 0.6 is 0 Å². The van der Waals surface area contributed by atoms with E-state index in [1.54, 1.807) is 6.08 Å². The normalized spacial score (nSPS) is 29.9. The first-order valence-corrected chi connectivity index (χ1v) is 5.81. The van der Waals surface area contributed by atoms with E-state index in [1.165, 1.54) is 18.8 Å². The summed E-state index contributed by atoms with van der Waals surface area (Å²) < 4.78 is 4.87. The second-order valence-corrected chi connectivity index (χ2v) is 4.75. The number of allylic oxidation sites excluding steroid dienone is 5. The van der Waals surface area contributed by atoms with Crippen LogP contribution in [-0.4, -0.2) is 11.8 Å². The van der Waals surface area contributed by atoms with Gasteiger partial charge in [0.05, 0.1) is 0 Å². The van der Waals surface area contributed by atoms with Crippen molar-refractivity contribution >= 4 is 11.8 Å². The molecule has 0 heterocycles. The van der Waals surface area contributed by atoms with Gasteiger partial charge in [0.2, 0.25) is 0 Å². The molecule has 2 rings (SSSR count). The summed E-state index contributed by atoms with van der Waals surface area (Å²) in [7, 11) is 0. The maximum atomic E-state index is 11.8. The van der Waals surface area contributed by atoms with Gasteiger partial charge in [-0.2, -0.15) is 0 Å². The van der Waals surface area contributed by atoms with Gasteiger partial charge in [-0.15, -0.1) is 0 Å². The average molecular weight is 232 g/mol. The van der Waals surface area contributed by atoms with Gasteiger partial charge in [0, 0.05) is 17.9 Å². The van der Waals surface area contributed by atoms with E-state index in [0.717, 1.165) is 19.3 Å². The highest BCUT2D eigenvalue weighted by atomic mass is 16.5. The minimum absolute atomic E-state index is 0.0424. The Bertz CT molecular complexity index is 454. The van der Waals surface area contributed by atoms with E-state index in [0.29, 0.717) is 5.57 Å². The van der Waals surface area contributed by atoms with Crippen molar-refractivity contribution in [2.24, 2.45) is 5.41 Å². The third-order valence-electron chi connectivity index (χ3n) is 3.48. The van der Waals surface area contributed by atoms with Crippen LogP contribution in [0.25, 0.3) is 0 Å². The van der Waals surface area contributed by atoms with Crippen LogP contribution in [0.2, 0.25) is 0 Å². The van der Waals surface area contributed by atoms with Crippen LogP contribution in [0.15, 0.2) is 35.6 Å². The van der Waals surface area contributed by atoms with E-state index in [2.05, 4.69) is 13.0 Å². The number of ketones is 1. The highest BCUT2D eigenvalue weighted by Crippen LogP contribution is 2.46. The van der Waals surface area contributed by atoms with Crippen LogP contribution < -0.4 is 0 Å². The summed E-state index contributed by atoms with van der Waals surface area (Å²) in [4.78, 5) is 22.6. The van der Waals surface area contributed by atoms with E-state index < -0.39 is 5.97 Å². The summed E-state index contributed by atoms with van der Waals surface area (Å²) in [6, 6.07) is 0. The molecule has 2 aliphatic rings. The fourth-order valence-electron chi connectivity index (χ4n) is 2.35. The summed E-state index contributed by atoms with van der Waals surface area (Å²) in [5.41, 5.74) is 1.72. The van der Waals surface area contributed by atoms with Gasteiger partial charge in [-0.25, -0.2) is 0 Å². The minimum Gasteiger partial charge on any atom is -0.434 e. The number of hydrogen-bond acceptors (Lipinski definition) is 3. The fraction of sp³-hybridized carbons (Fsp3) is 0.429. The molecule has 0 fully saturated rings. The van der Waals surface area contributed by atoms with Crippen molar-refractivity contribution in [3.8, 4) is 0 Å². The topological polar surface area (TPSA) is 43.4 Å². The van der Waals surface area contributed by atoms with Gasteiger partial charge in [-0.1, -0.05) is 17.7 Å². The standard InChI is InChI=1S/C14H16O3/c1-10-3-6-14(7-4-10)8-5-13(16)12(14)9-17-11(2)15/h3,5,8-9H,4,6-7H2,1-2H3. The van der Waals surface area contributed by atoms with Crippen molar-refractivity contribution in [2.45, 2.75) is 33.1 Å². The first-order chi connectivity index (χ1) is 8.03. The Morgan fingerprint density at radius 1 is 1.53 bits per heavy atom. The molecule has 90 valence electrons. The molecule has 0 aromatic rings. The molecule has 0 bridgehead atoms. The summed E-state index contributed by atoms with van der Waals surface area (Å²) in [5.74, 6) is -0.436. The van der Waals surface area contributed by atoms with Crippen LogP contribution in [0.4, 0.5) is 0 Å². The van der Waals surface area contributed by atoms with E-state index in [1.807, 2.05) is 6.08 Å². The van der Waals surface area contributed by atoms with Gasteiger partial charge in [0.25, 0.3) is 0 Å². The van der Waals surface area contributed by atoms with Gasteiger partial charge in [-0.05, 0) is 32.3 Å². The lowest BCUT2D eigenvalue weighted by atomic mass is 9.72. The third kappa shape index (κ3) is 2.23. The van der Waals surface area contributed by atoms with Gasteiger partial charge >= 0.3 is 5.97 Å². The molecule has 1 spiro atoms. The molecule has 2 aliphatic carbocycles. The van der Waals surface area contributed by atoms with Gasteiger partial charge < -0.3 is 4.74 Å². The lowest BCUT2D eigenvalue weighted by molar-refractivity contribution is -0.135. The van der Waals surface area contributed by atoms with Gasteiger partial charge in [0.1, 0.15) is 6.26 Å². The van der Waals surface area contributed by atoms with Gasteiger partial charge in [-0.3, -0.25) is 9.59 Å². The van der Waals surface area contributed by atoms with E-state index in [-0.39, 0.29) is 11.2 Å². The van der Waals surface area contributed by atoms with Gasteiger partial charge in [0.15, 0.2) is 5.78 Å². The predicted octanol–water partition coefficient (Wildman–Crippen LogP) is 2.69. The zero-order valence-electron chi connectivity index (χ0n) is 10.2. The molecule has 0 amide bonds. The smallest absolute Gasteiger partial charge is 0.307 e. The minimum atomic E-state index is -0.394. The second kappa shape index (κ2) is 4.32. The first kappa shape index (κ1) is 11.8. The largest absolute Gasteiger partial charge is 0.434 e. The van der Waals surface area contributed by atoms with Crippen molar-refractivity contribution in [3.63, 3.8) is 0 Å². The summed E-state index contributed by atoms with van der Waals surface area (Å²) in [6.07, 6.45) is 9.73. The quantitative estimate of drug-likeness (QED) is 0.302. The Balaban J connectivity index is 2.27. The molecule has 0 radical (unpaired) electrons. The second-order valence-electron chi connectivity index (χ2n) is 4.75. The lowest BCUT2D eigenvalue weighted by Crippen LogP contribution is -2.23. The lowest BCUT2D eigenvalue weighted by Gasteiger charge is -2.31. The number of rotatable bonds is 1. The number of carbonyl (C=O) groups is 2. The molecule has 1 unspecified atom stereocenters. The van der Waals surface area contributed by atoms with Crippen LogP contribution in [-0.2, 0) is 14.3 Å². The van der Waals surface area contributed by atoms with Crippen molar-refractivity contribution in [2.75, 3.05) is 0 Å². The Labute approximate surface area is 101 Å². The molecule has 0 saturated heterocycles. The molecular weight excluding hydrogens is 216 g/mol. The zero-order chi connectivity index (χ0) is 12.5. The van der Waals surface area contributed by atoms with Crippen LogP contribution in [0.5, 0.6) is 0 Å². The third-order valence-corrected chi connectivity index (χ3v) is 3.48. The molecule has 0 N–H and O–H groups in total. The Kier molecular flexibility index (Phi) is 3.01. The fourth-order valence-corrected chi connectivity index (χ4v) is 2.35. The Hall–Kier alpha value is -1.64. The highest BCUT2D eigenvalue weighted by molar-refractivity contribution is 6.08. The number of hydrogen-bond donors (Lipinski definition) is 0. The molecular formula is C14H16O3. The molecule has 3 heteroatoms. The van der Waals surface area contributed by atoms with Crippen molar-refractivity contribution in [3.05, 3.63) is 35.6 Å². The van der Waals surface area contributed by atoms with E-state index in [9.17, 15) is 9.59 Å². The molecule has 1 atom stereocenters. The molecule has 0 aromatic heterocycles. The number of ether oxygens (including phenoxy) is 1. The molecule has 3 nitrogen and oxygen atoms in total. The first-order valence-electron chi connectivity index (χ1n) is 5.81. The van der Waals surface area contributed by atoms with Crippen LogP contribution in [0.1, 0.15) is 33.1 Å². The summed E-state index contributed by atoms with van der Waals surface area (Å²) in [6.45, 7) is 3.43. The molecule has 0 aliphatic heterocycles.